The Kier molecular flexibility index (Phi) is 4.31. The molecule has 1 aliphatic rings. The molecule has 0 spiro atoms. The second-order valence-corrected chi connectivity index (χ2v) is 6.95. The van der Waals surface area contributed by atoms with Crippen LogP contribution in [0.1, 0.15) is 40.8 Å². The minimum atomic E-state index is 0.892. The summed E-state index contributed by atoms with van der Waals surface area (Å²) in [6, 6.07) is 17.1. The fourth-order valence-electron chi connectivity index (χ4n) is 3.64. The van der Waals surface area contributed by atoms with Crippen LogP contribution in [0.2, 0.25) is 0 Å². The van der Waals surface area contributed by atoms with Gasteiger partial charge < -0.3 is 5.32 Å². The van der Waals surface area contributed by atoms with E-state index >= 15 is 0 Å². The van der Waals surface area contributed by atoms with E-state index in [-0.39, 0.29) is 0 Å². The first-order valence-corrected chi connectivity index (χ1v) is 9.19. The molecule has 0 atom stereocenters. The van der Waals surface area contributed by atoms with E-state index in [0.29, 0.717) is 0 Å². The lowest BCUT2D eigenvalue weighted by Crippen LogP contribution is -2.08. The van der Waals surface area contributed by atoms with E-state index in [1.54, 1.807) is 0 Å². The summed E-state index contributed by atoms with van der Waals surface area (Å²) in [6.07, 6.45) is 4.44. The molecular formula is C22H25N3. The summed E-state index contributed by atoms with van der Waals surface area (Å²) in [7, 11) is 0. The van der Waals surface area contributed by atoms with E-state index in [1.165, 1.54) is 52.3 Å². The van der Waals surface area contributed by atoms with Gasteiger partial charge in [0, 0.05) is 18.5 Å². The Balaban J connectivity index is 1.83. The molecule has 0 aliphatic carbocycles. The van der Waals surface area contributed by atoms with Crippen molar-refractivity contribution in [1.82, 2.24) is 9.78 Å². The van der Waals surface area contributed by atoms with E-state index in [1.807, 2.05) is 0 Å². The Labute approximate surface area is 149 Å². The first-order chi connectivity index (χ1) is 12.2. The first-order valence-electron chi connectivity index (χ1n) is 9.19. The predicted molar refractivity (Wildman–Crippen MR) is 104 cm³/mol. The summed E-state index contributed by atoms with van der Waals surface area (Å²) in [5, 5.41) is 8.70. The maximum absolute atomic E-state index is 5.06. The van der Waals surface area contributed by atoms with Crippen molar-refractivity contribution in [1.29, 1.82) is 0 Å². The van der Waals surface area contributed by atoms with Crippen molar-refractivity contribution >= 4 is 5.82 Å². The van der Waals surface area contributed by atoms with Crippen molar-refractivity contribution in [3.8, 4) is 5.69 Å². The van der Waals surface area contributed by atoms with Gasteiger partial charge in [-0.05, 0) is 55.9 Å². The molecule has 2 heterocycles. The highest BCUT2D eigenvalue weighted by molar-refractivity contribution is 5.57. The maximum atomic E-state index is 5.06. The van der Waals surface area contributed by atoms with Crippen LogP contribution in [0.3, 0.4) is 0 Å². The number of fused-ring (bicyclic) bond motifs is 1. The van der Waals surface area contributed by atoms with Gasteiger partial charge >= 0.3 is 0 Å². The van der Waals surface area contributed by atoms with Gasteiger partial charge in [0.25, 0.3) is 0 Å². The van der Waals surface area contributed by atoms with Crippen LogP contribution < -0.4 is 5.32 Å². The smallest absolute Gasteiger partial charge is 0.133 e. The Bertz CT molecular complexity index is 878. The molecule has 0 amide bonds. The Morgan fingerprint density at radius 2 is 1.84 bits per heavy atom. The Morgan fingerprint density at radius 1 is 1.00 bits per heavy atom. The number of hydrogen-bond acceptors (Lipinski definition) is 2. The molecule has 0 radical (unpaired) electrons. The molecule has 0 saturated heterocycles. The molecule has 25 heavy (non-hydrogen) atoms. The molecule has 0 unspecified atom stereocenters. The molecule has 128 valence electrons. The van der Waals surface area contributed by atoms with Gasteiger partial charge in [0.1, 0.15) is 5.82 Å². The highest BCUT2D eigenvalue weighted by Crippen LogP contribution is 2.31. The number of aryl methyl sites for hydroxylation is 1. The summed E-state index contributed by atoms with van der Waals surface area (Å²) in [4.78, 5) is 0. The van der Waals surface area contributed by atoms with Gasteiger partial charge in [-0.2, -0.15) is 5.10 Å². The summed E-state index contributed by atoms with van der Waals surface area (Å²) in [5.74, 6) is 1.19. The van der Waals surface area contributed by atoms with Crippen LogP contribution in [-0.4, -0.2) is 16.3 Å². The largest absolute Gasteiger partial charge is 0.370 e. The monoisotopic (exact) mass is 331 g/mol. The number of hydrogen-bond donors (Lipinski definition) is 1. The second kappa shape index (κ2) is 6.75. The second-order valence-electron chi connectivity index (χ2n) is 6.95. The average Bonchev–Trinajstić information content (AvgIpc) is 2.81. The summed E-state index contributed by atoms with van der Waals surface area (Å²) in [5.41, 5.74) is 7.70. The molecule has 4 rings (SSSR count). The third kappa shape index (κ3) is 3.07. The average molecular weight is 331 g/mol. The summed E-state index contributed by atoms with van der Waals surface area (Å²) in [6.45, 7) is 5.37. The minimum absolute atomic E-state index is 0.892. The zero-order valence-corrected chi connectivity index (χ0v) is 15.0. The van der Waals surface area contributed by atoms with Crippen molar-refractivity contribution in [3.63, 3.8) is 0 Å². The minimum Gasteiger partial charge on any atom is -0.370 e. The lowest BCUT2D eigenvalue weighted by atomic mass is 10.0. The van der Waals surface area contributed by atoms with Crippen molar-refractivity contribution in [2.45, 2.75) is 39.5 Å². The standard InChI is InChI=1S/C22H25N3/c1-16-9-8-13-21(17(16)2)25-22-19(12-6-7-14-23-22)20(24-25)15-18-10-4-3-5-11-18/h3-5,8-11,13,23H,6-7,12,14-15H2,1-2H3. The van der Waals surface area contributed by atoms with E-state index < -0.39 is 0 Å². The normalized spacial score (nSPS) is 13.8. The fourth-order valence-corrected chi connectivity index (χ4v) is 3.64. The highest BCUT2D eigenvalue weighted by Gasteiger charge is 2.21. The number of aromatic nitrogens is 2. The van der Waals surface area contributed by atoms with Gasteiger partial charge in [-0.15, -0.1) is 0 Å². The Morgan fingerprint density at radius 3 is 2.68 bits per heavy atom. The molecule has 2 aromatic carbocycles. The van der Waals surface area contributed by atoms with Gasteiger partial charge in [0.15, 0.2) is 0 Å². The fraction of sp³-hybridized carbons (Fsp3) is 0.318. The summed E-state index contributed by atoms with van der Waals surface area (Å²) >= 11 is 0. The van der Waals surface area contributed by atoms with E-state index in [2.05, 4.69) is 72.4 Å². The van der Waals surface area contributed by atoms with Gasteiger partial charge in [0.05, 0.1) is 11.4 Å². The van der Waals surface area contributed by atoms with Gasteiger partial charge in [-0.25, -0.2) is 4.68 Å². The SMILES string of the molecule is Cc1cccc(-n2nc(Cc3ccccc3)c3c2NCCCC3)c1C. The molecule has 1 aromatic heterocycles. The Hall–Kier alpha value is -2.55. The lowest BCUT2D eigenvalue weighted by molar-refractivity contribution is 0.766. The third-order valence-corrected chi connectivity index (χ3v) is 5.23. The molecule has 3 heteroatoms. The van der Waals surface area contributed by atoms with Gasteiger partial charge in [-0.3, -0.25) is 0 Å². The predicted octanol–water partition coefficient (Wildman–Crippen LogP) is 4.83. The van der Waals surface area contributed by atoms with Crippen LogP contribution in [-0.2, 0) is 12.8 Å². The zero-order valence-electron chi connectivity index (χ0n) is 15.0. The van der Waals surface area contributed by atoms with Crippen LogP contribution in [0.5, 0.6) is 0 Å². The number of benzene rings is 2. The first kappa shape index (κ1) is 15.9. The molecule has 0 fully saturated rings. The third-order valence-electron chi connectivity index (χ3n) is 5.23. The van der Waals surface area contributed by atoms with Crippen molar-refractivity contribution in [3.05, 3.63) is 76.5 Å². The van der Waals surface area contributed by atoms with Crippen molar-refractivity contribution in [2.75, 3.05) is 11.9 Å². The van der Waals surface area contributed by atoms with Crippen molar-refractivity contribution < 1.29 is 0 Å². The quantitative estimate of drug-likeness (QED) is 0.745. The molecular weight excluding hydrogens is 306 g/mol. The number of nitrogens with one attached hydrogen (secondary N) is 1. The van der Waals surface area contributed by atoms with Gasteiger partial charge in [-0.1, -0.05) is 42.5 Å². The van der Waals surface area contributed by atoms with E-state index in [0.717, 1.165) is 19.4 Å². The lowest BCUT2D eigenvalue weighted by Gasteiger charge is -2.13. The van der Waals surface area contributed by atoms with Crippen molar-refractivity contribution in [2.24, 2.45) is 0 Å². The highest BCUT2D eigenvalue weighted by atomic mass is 15.3. The van der Waals surface area contributed by atoms with Crippen LogP contribution in [0.4, 0.5) is 5.82 Å². The molecule has 0 saturated carbocycles. The molecule has 1 N–H and O–H groups in total. The molecule has 3 nitrogen and oxygen atoms in total. The summed E-state index contributed by atoms with van der Waals surface area (Å²) < 4.78 is 2.14. The molecule has 1 aliphatic heterocycles. The van der Waals surface area contributed by atoms with E-state index in [4.69, 9.17) is 5.10 Å². The zero-order chi connectivity index (χ0) is 17.2. The van der Waals surface area contributed by atoms with Crippen LogP contribution in [0, 0.1) is 13.8 Å². The molecule has 3 aromatic rings. The van der Waals surface area contributed by atoms with Gasteiger partial charge in [0.2, 0.25) is 0 Å². The van der Waals surface area contributed by atoms with Crippen LogP contribution in [0.25, 0.3) is 5.69 Å². The number of anilines is 1. The molecule has 0 bridgehead atoms. The number of rotatable bonds is 3. The maximum Gasteiger partial charge on any atom is 0.133 e. The topological polar surface area (TPSA) is 29.9 Å². The number of nitrogens with zero attached hydrogens (tertiary/aromatic N) is 2. The van der Waals surface area contributed by atoms with Crippen LogP contribution in [0.15, 0.2) is 48.5 Å². The van der Waals surface area contributed by atoms with E-state index in [9.17, 15) is 0 Å². The van der Waals surface area contributed by atoms with Crippen LogP contribution >= 0.6 is 0 Å².